The van der Waals surface area contributed by atoms with Crippen LogP contribution in [0.15, 0.2) is 0 Å². The van der Waals surface area contributed by atoms with Crippen LogP contribution in [0.2, 0.25) is 0 Å². The quantitative estimate of drug-likeness (QED) is 0.419. The number of hydrogen-bond acceptors (Lipinski definition) is 9. The van der Waals surface area contributed by atoms with Crippen molar-refractivity contribution in [3.05, 3.63) is 0 Å². The molecule has 0 rings (SSSR count). The predicted octanol–water partition coefficient (Wildman–Crippen LogP) is 0.869. The summed E-state index contributed by atoms with van der Waals surface area (Å²) in [7, 11) is -21.9. The van der Waals surface area contributed by atoms with Crippen LogP contribution >= 0.6 is 0 Å². The van der Waals surface area contributed by atoms with Crippen molar-refractivity contribution in [2.24, 2.45) is 0 Å². The Bertz CT molecular complexity index is 673. The Balaban J connectivity index is 6.47. The topological polar surface area (TPSA) is 130 Å². The highest BCUT2D eigenvalue weighted by Crippen LogP contribution is 2.33. The molecule has 0 amide bonds. The molecule has 0 aromatic carbocycles. The van der Waals surface area contributed by atoms with E-state index in [2.05, 4.69) is 0 Å². The summed E-state index contributed by atoms with van der Waals surface area (Å²) in [5.41, 5.74) is 0. The van der Waals surface area contributed by atoms with E-state index < -0.39 is 53.4 Å². The first-order valence-corrected chi connectivity index (χ1v) is 8.93. The van der Waals surface area contributed by atoms with E-state index in [1.54, 1.807) is 0 Å². The van der Waals surface area contributed by atoms with Crippen LogP contribution < -0.4 is 0 Å². The fourth-order valence-corrected chi connectivity index (χ4v) is 6.14. The molecule has 0 bridgehead atoms. The van der Waals surface area contributed by atoms with Crippen molar-refractivity contribution in [1.29, 1.82) is 0 Å². The van der Waals surface area contributed by atoms with Crippen molar-refractivity contribution < 1.29 is 77.3 Å². The summed E-state index contributed by atoms with van der Waals surface area (Å²) in [5, 5.41) is 0. The van der Waals surface area contributed by atoms with Crippen LogP contribution in [0, 0.1) is 0 Å². The van der Waals surface area contributed by atoms with E-state index in [1.807, 2.05) is 12.5 Å². The minimum Gasteiger partial charge on any atom is -0.196 e. The predicted molar refractivity (Wildman–Crippen MR) is 52.0 cm³/mol. The zero-order chi connectivity index (χ0) is 20.7. The molecule has 0 aromatic rings. The average molecular weight is 460 g/mol. The second kappa shape index (κ2) is 6.68. The van der Waals surface area contributed by atoms with E-state index in [1.165, 1.54) is 0 Å². The van der Waals surface area contributed by atoms with Gasteiger partial charge in [0.2, 0.25) is 0 Å². The molecule has 0 radical (unpaired) electrons. The second-order valence-corrected chi connectivity index (χ2v) is 9.12. The van der Waals surface area contributed by atoms with Gasteiger partial charge in [-0.1, -0.05) is 0 Å². The average Bonchev–Trinajstić information content (AvgIpc) is 1.98. The smallest absolute Gasteiger partial charge is 0.196 e. The van der Waals surface area contributed by atoms with Gasteiger partial charge in [-0.05, 0) is 0 Å². The first kappa shape index (κ1) is 24.1. The van der Waals surface area contributed by atoms with Crippen molar-refractivity contribution >= 4 is 30.4 Å². The summed E-state index contributed by atoms with van der Waals surface area (Å²) in [6, 6.07) is 0. The molecule has 0 unspecified atom stereocenters. The highest BCUT2D eigenvalue weighted by molar-refractivity contribution is 8.20. The molecule has 0 aliphatic heterocycles. The Morgan fingerprint density at radius 1 is 0.480 bits per heavy atom. The highest BCUT2D eigenvalue weighted by Gasteiger charge is 2.60. The standard InChI is InChI=1S/C4HF9O9S3/c5-2(6,7)20-23(14,15)1(24(16,17)21-3(8,9)10)25(18,19)22-4(11,12)13/h1H. The summed E-state index contributed by atoms with van der Waals surface area (Å²) >= 11 is 0. The molecule has 25 heavy (non-hydrogen) atoms. The molecule has 152 valence electrons. The summed E-state index contributed by atoms with van der Waals surface area (Å²) < 4.78 is 174. The summed E-state index contributed by atoms with van der Waals surface area (Å²) in [4.78, 5) is 0. The molecular formula is C4HF9O9S3. The van der Waals surface area contributed by atoms with Crippen LogP contribution in [0.25, 0.3) is 0 Å². The Kier molecular flexibility index (Phi) is 6.44. The lowest BCUT2D eigenvalue weighted by molar-refractivity contribution is -0.272. The monoisotopic (exact) mass is 460 g/mol. The fraction of sp³-hybridized carbons (Fsp3) is 1.00. The SMILES string of the molecule is O=S(=O)(OC(F)(F)F)C(S(=O)(=O)OC(F)(F)F)S(=O)(=O)OC(F)(F)F. The number of halogens is 9. The summed E-state index contributed by atoms with van der Waals surface area (Å²) in [6.45, 7) is 0. The Morgan fingerprint density at radius 2 is 0.640 bits per heavy atom. The fourth-order valence-electron chi connectivity index (χ4n) is 0.946. The van der Waals surface area contributed by atoms with Gasteiger partial charge in [0.25, 0.3) is 0 Å². The zero-order valence-corrected chi connectivity index (χ0v) is 12.8. The van der Waals surface area contributed by atoms with Gasteiger partial charge in [-0.15, -0.1) is 39.5 Å². The van der Waals surface area contributed by atoms with Gasteiger partial charge in [0.05, 0.1) is 0 Å². The third-order valence-electron chi connectivity index (χ3n) is 1.34. The minimum atomic E-state index is -7.29. The van der Waals surface area contributed by atoms with Crippen LogP contribution in [0.4, 0.5) is 39.5 Å². The lowest BCUT2D eigenvalue weighted by Gasteiger charge is -2.19. The maximum Gasteiger partial charge on any atom is 0.537 e. The van der Waals surface area contributed by atoms with Gasteiger partial charge >= 0.3 is 53.4 Å². The highest BCUT2D eigenvalue weighted by atomic mass is 32.3. The molecule has 0 atom stereocenters. The van der Waals surface area contributed by atoms with Crippen molar-refractivity contribution in [1.82, 2.24) is 0 Å². The van der Waals surface area contributed by atoms with E-state index in [-0.39, 0.29) is 0 Å². The van der Waals surface area contributed by atoms with E-state index >= 15 is 0 Å². The maximum absolute atomic E-state index is 11.8. The lowest BCUT2D eigenvalue weighted by atomic mass is 11.4. The van der Waals surface area contributed by atoms with Crippen LogP contribution in [-0.4, -0.2) is 48.3 Å². The zero-order valence-electron chi connectivity index (χ0n) is 10.4. The second-order valence-electron chi connectivity index (χ2n) is 3.35. The third kappa shape index (κ3) is 8.35. The molecule has 0 aliphatic carbocycles. The molecule has 0 saturated carbocycles. The van der Waals surface area contributed by atoms with E-state index in [0.717, 1.165) is 0 Å². The number of alkyl halides is 9. The third-order valence-corrected chi connectivity index (χ3v) is 8.26. The first-order chi connectivity index (χ1) is 10.5. The van der Waals surface area contributed by atoms with Gasteiger partial charge in [-0.25, -0.2) is 0 Å². The van der Waals surface area contributed by atoms with Crippen LogP contribution in [0.3, 0.4) is 0 Å². The van der Waals surface area contributed by atoms with Crippen molar-refractivity contribution in [3.8, 4) is 0 Å². The lowest BCUT2D eigenvalue weighted by Crippen LogP contribution is -2.45. The normalized spacial score (nSPS) is 15.6. The molecule has 0 N–H and O–H groups in total. The van der Waals surface area contributed by atoms with E-state index in [9.17, 15) is 64.8 Å². The van der Waals surface area contributed by atoms with Crippen molar-refractivity contribution in [2.75, 3.05) is 0 Å². The molecule has 0 spiro atoms. The Labute approximate surface area is 131 Å². The molecule has 0 aromatic heterocycles. The number of hydrogen-bond donors (Lipinski definition) is 0. The number of rotatable bonds is 6. The molecule has 0 saturated heterocycles. The van der Waals surface area contributed by atoms with Crippen LogP contribution in [0.5, 0.6) is 0 Å². The first-order valence-electron chi connectivity index (χ1n) is 4.52. The molecule has 0 fully saturated rings. The van der Waals surface area contributed by atoms with Gasteiger partial charge in [0.15, 0.2) is 0 Å². The molecule has 9 nitrogen and oxygen atoms in total. The van der Waals surface area contributed by atoms with Crippen LogP contribution in [0.1, 0.15) is 0 Å². The van der Waals surface area contributed by atoms with E-state index in [4.69, 9.17) is 0 Å². The maximum atomic E-state index is 11.8. The molecule has 0 heterocycles. The van der Waals surface area contributed by atoms with Gasteiger partial charge in [-0.3, -0.25) is 0 Å². The minimum absolute atomic E-state index is 2.01. The van der Waals surface area contributed by atoms with Crippen molar-refractivity contribution in [3.63, 3.8) is 0 Å². The van der Waals surface area contributed by atoms with Gasteiger partial charge < -0.3 is 0 Å². The van der Waals surface area contributed by atoms with Crippen LogP contribution in [-0.2, 0) is 42.9 Å². The largest absolute Gasteiger partial charge is 0.537 e. The summed E-state index contributed by atoms with van der Waals surface area (Å²) in [5.74, 6) is 0. The summed E-state index contributed by atoms with van der Waals surface area (Å²) in [6.07, 6.45) is -19.3. The molecule has 0 aliphatic rings. The molecule has 21 heteroatoms. The van der Waals surface area contributed by atoms with E-state index in [0.29, 0.717) is 0 Å². The Hall–Kier alpha value is -0.900. The van der Waals surface area contributed by atoms with Gasteiger partial charge in [-0.2, -0.15) is 37.8 Å². The van der Waals surface area contributed by atoms with Gasteiger partial charge in [0, 0.05) is 0 Å². The Morgan fingerprint density at radius 3 is 0.760 bits per heavy atom. The van der Waals surface area contributed by atoms with Crippen molar-refractivity contribution in [2.45, 2.75) is 23.0 Å². The van der Waals surface area contributed by atoms with Gasteiger partial charge in [0.1, 0.15) is 0 Å². The molecular weight excluding hydrogens is 459 g/mol.